The third-order valence-electron chi connectivity index (χ3n) is 9.21. The van der Waals surface area contributed by atoms with Crippen molar-refractivity contribution >= 4 is 55.7 Å². The predicted molar refractivity (Wildman–Crippen MR) is 206 cm³/mol. The summed E-state index contributed by atoms with van der Waals surface area (Å²) in [5.41, 5.74) is 11.9. The molecule has 0 aliphatic rings. The molecule has 0 fully saturated rings. The highest BCUT2D eigenvalue weighted by atomic mass is 15.2. The number of benzene rings is 8. The van der Waals surface area contributed by atoms with Crippen molar-refractivity contribution in [2.75, 3.05) is 9.80 Å². The van der Waals surface area contributed by atoms with Crippen LogP contribution < -0.4 is 9.80 Å². The number of para-hydroxylation sites is 4. The Balaban J connectivity index is 1.39. The summed E-state index contributed by atoms with van der Waals surface area (Å²) in [7, 11) is 0. The molecule has 0 N–H and O–H groups in total. The molecule has 230 valence electrons. The molecule has 0 atom stereocenters. The second kappa shape index (κ2) is 12.6. The maximum atomic E-state index is 2.39. The highest BCUT2D eigenvalue weighted by molar-refractivity contribution is 6.14. The Morgan fingerprint density at radius 2 is 0.542 bits per heavy atom. The van der Waals surface area contributed by atoms with E-state index in [-0.39, 0.29) is 0 Å². The van der Waals surface area contributed by atoms with Crippen molar-refractivity contribution in [3.05, 3.63) is 193 Å². The first-order valence-corrected chi connectivity index (χ1v) is 16.5. The summed E-state index contributed by atoms with van der Waals surface area (Å²) < 4.78 is 0. The molecule has 0 aliphatic heterocycles. The fourth-order valence-electron chi connectivity index (χ4n) is 7.16. The lowest BCUT2D eigenvalue weighted by Gasteiger charge is -2.30. The highest BCUT2D eigenvalue weighted by Gasteiger charge is 2.23. The van der Waals surface area contributed by atoms with Gasteiger partial charge in [-0.05, 0) is 108 Å². The Kier molecular flexibility index (Phi) is 7.68. The van der Waals surface area contributed by atoms with Gasteiger partial charge in [-0.25, -0.2) is 0 Å². The molecule has 0 aliphatic carbocycles. The molecule has 0 spiro atoms. The summed E-state index contributed by atoms with van der Waals surface area (Å²) in [6.07, 6.45) is 0. The second-order valence-electron chi connectivity index (χ2n) is 12.3. The summed E-state index contributed by atoms with van der Waals surface area (Å²) in [6, 6.07) is 65.3. The topological polar surface area (TPSA) is 6.48 Å². The number of nitrogens with zero attached hydrogens (tertiary/aromatic N) is 2. The van der Waals surface area contributed by atoms with Crippen LogP contribution in [0.2, 0.25) is 0 Å². The van der Waals surface area contributed by atoms with Crippen LogP contribution in [0.3, 0.4) is 0 Å². The lowest BCUT2D eigenvalue weighted by molar-refractivity contribution is 1.26. The van der Waals surface area contributed by atoms with Crippen molar-refractivity contribution in [2.45, 2.75) is 13.8 Å². The average Bonchev–Trinajstić information content (AvgIpc) is 3.15. The van der Waals surface area contributed by atoms with Gasteiger partial charge in [0, 0.05) is 33.5 Å². The molecular formula is C46H36N2. The van der Waals surface area contributed by atoms with Crippen molar-refractivity contribution < 1.29 is 0 Å². The Bertz CT molecular complexity index is 2100. The molecule has 8 aromatic rings. The van der Waals surface area contributed by atoms with Crippen LogP contribution in [0.4, 0.5) is 34.1 Å². The maximum absolute atomic E-state index is 2.39. The molecule has 8 aromatic carbocycles. The predicted octanol–water partition coefficient (Wildman–Crippen LogP) is 13.2. The first kappa shape index (κ1) is 29.3. The number of hydrogen-bond donors (Lipinski definition) is 0. The Morgan fingerprint density at radius 3 is 0.833 bits per heavy atom. The first-order chi connectivity index (χ1) is 23.7. The maximum Gasteiger partial charge on any atom is 0.0569 e. The van der Waals surface area contributed by atoms with Crippen LogP contribution in [0, 0.1) is 13.8 Å². The number of fused-ring (bicyclic) bond motifs is 2. The molecule has 48 heavy (non-hydrogen) atoms. The molecule has 0 bridgehead atoms. The molecule has 0 unspecified atom stereocenters. The summed E-state index contributed by atoms with van der Waals surface area (Å²) in [6.45, 7) is 4.50. The van der Waals surface area contributed by atoms with Crippen molar-refractivity contribution in [3.63, 3.8) is 0 Å². The Morgan fingerprint density at radius 1 is 0.292 bits per heavy atom. The molecule has 2 heteroatoms. The van der Waals surface area contributed by atoms with E-state index in [0.29, 0.717) is 0 Å². The SMILES string of the molecule is Cc1cc(-c2cc(C)c(N(c3ccccc3)c3ccccc3)c3ccccc23)c2ccccc2c1N(c1ccccc1)c1ccccc1. The monoisotopic (exact) mass is 616 g/mol. The fourth-order valence-corrected chi connectivity index (χ4v) is 7.16. The van der Waals surface area contributed by atoms with Crippen molar-refractivity contribution in [2.24, 2.45) is 0 Å². The van der Waals surface area contributed by atoms with Gasteiger partial charge < -0.3 is 9.80 Å². The van der Waals surface area contributed by atoms with Crippen LogP contribution in [-0.4, -0.2) is 0 Å². The molecule has 0 saturated carbocycles. The molecular weight excluding hydrogens is 581 g/mol. The Labute approximate surface area is 282 Å². The lowest BCUT2D eigenvalue weighted by Crippen LogP contribution is -2.12. The number of hydrogen-bond acceptors (Lipinski definition) is 2. The zero-order valence-electron chi connectivity index (χ0n) is 27.2. The summed E-state index contributed by atoms with van der Waals surface area (Å²) >= 11 is 0. The van der Waals surface area contributed by atoms with Crippen LogP contribution >= 0.6 is 0 Å². The van der Waals surface area contributed by atoms with E-state index in [1.165, 1.54) is 55.2 Å². The minimum Gasteiger partial charge on any atom is -0.310 e. The highest BCUT2D eigenvalue weighted by Crippen LogP contribution is 2.48. The summed E-state index contributed by atoms with van der Waals surface area (Å²) in [5.74, 6) is 0. The van der Waals surface area contributed by atoms with E-state index < -0.39 is 0 Å². The molecule has 8 rings (SSSR count). The number of rotatable bonds is 7. The van der Waals surface area contributed by atoms with Gasteiger partial charge >= 0.3 is 0 Å². The second-order valence-corrected chi connectivity index (χ2v) is 12.3. The molecule has 0 saturated heterocycles. The van der Waals surface area contributed by atoms with Crippen LogP contribution in [0.15, 0.2) is 182 Å². The third-order valence-corrected chi connectivity index (χ3v) is 9.21. The minimum absolute atomic E-state index is 1.14. The molecule has 0 radical (unpaired) electrons. The van der Waals surface area contributed by atoms with E-state index in [1.54, 1.807) is 0 Å². The van der Waals surface area contributed by atoms with Gasteiger partial charge in [0.1, 0.15) is 0 Å². The van der Waals surface area contributed by atoms with E-state index in [0.717, 1.165) is 22.7 Å². The lowest BCUT2D eigenvalue weighted by atomic mass is 9.88. The average molecular weight is 617 g/mol. The van der Waals surface area contributed by atoms with Crippen LogP contribution in [-0.2, 0) is 0 Å². The van der Waals surface area contributed by atoms with Gasteiger partial charge in [-0.3, -0.25) is 0 Å². The standard InChI is InChI=1S/C46H36N2/c1-33-31-43(39-27-15-17-29-41(39)45(33)47(35-19-7-3-8-20-35)36-21-9-4-10-22-36)44-32-34(2)46(42-30-18-16-28-40(42)44)48(37-23-11-5-12-24-37)38-25-13-6-14-26-38/h3-32H,1-2H3. The number of anilines is 6. The van der Waals surface area contributed by atoms with E-state index in [1.807, 2.05) is 0 Å². The molecule has 2 nitrogen and oxygen atoms in total. The molecule has 0 heterocycles. The van der Waals surface area contributed by atoms with Crippen molar-refractivity contribution in [3.8, 4) is 11.1 Å². The largest absolute Gasteiger partial charge is 0.310 e. The van der Waals surface area contributed by atoms with Gasteiger partial charge in [0.15, 0.2) is 0 Å². The summed E-state index contributed by atoms with van der Waals surface area (Å²) in [5, 5.41) is 4.91. The van der Waals surface area contributed by atoms with Gasteiger partial charge in [-0.15, -0.1) is 0 Å². The van der Waals surface area contributed by atoms with Gasteiger partial charge in [0.2, 0.25) is 0 Å². The van der Waals surface area contributed by atoms with Crippen LogP contribution in [0.25, 0.3) is 32.7 Å². The third kappa shape index (κ3) is 5.18. The smallest absolute Gasteiger partial charge is 0.0569 e. The fraction of sp³-hybridized carbons (Fsp3) is 0.0435. The number of aryl methyl sites for hydroxylation is 2. The van der Waals surface area contributed by atoms with E-state index in [4.69, 9.17) is 0 Å². The Hall–Kier alpha value is -6.12. The zero-order chi connectivity index (χ0) is 32.5. The van der Waals surface area contributed by atoms with Crippen LogP contribution in [0.1, 0.15) is 11.1 Å². The minimum atomic E-state index is 1.14. The van der Waals surface area contributed by atoms with Crippen molar-refractivity contribution in [1.82, 2.24) is 0 Å². The van der Waals surface area contributed by atoms with E-state index in [2.05, 4.69) is 206 Å². The molecule has 0 amide bonds. The zero-order valence-corrected chi connectivity index (χ0v) is 27.2. The van der Waals surface area contributed by atoms with Crippen molar-refractivity contribution in [1.29, 1.82) is 0 Å². The van der Waals surface area contributed by atoms with Gasteiger partial charge in [0.05, 0.1) is 11.4 Å². The van der Waals surface area contributed by atoms with Crippen LogP contribution in [0.5, 0.6) is 0 Å². The van der Waals surface area contributed by atoms with Gasteiger partial charge in [-0.1, -0.05) is 121 Å². The van der Waals surface area contributed by atoms with Gasteiger partial charge in [0.25, 0.3) is 0 Å². The molecule has 0 aromatic heterocycles. The normalized spacial score (nSPS) is 11.1. The van der Waals surface area contributed by atoms with E-state index in [9.17, 15) is 0 Å². The first-order valence-electron chi connectivity index (χ1n) is 16.5. The van der Waals surface area contributed by atoms with E-state index >= 15 is 0 Å². The summed E-state index contributed by atoms with van der Waals surface area (Å²) in [4.78, 5) is 4.79. The quantitative estimate of drug-likeness (QED) is 0.176. The van der Waals surface area contributed by atoms with Gasteiger partial charge in [-0.2, -0.15) is 0 Å².